The number of hydrogen-bond donors (Lipinski definition) is 1. The largest absolute Gasteiger partial charge is 0.468 e. The number of esters is 1. The summed E-state index contributed by atoms with van der Waals surface area (Å²) >= 11 is 0. The molecule has 14 heavy (non-hydrogen) atoms. The minimum Gasteiger partial charge on any atom is -0.468 e. The number of alkyl halides is 2. The van der Waals surface area contributed by atoms with Crippen molar-refractivity contribution in [3.8, 4) is 0 Å². The highest BCUT2D eigenvalue weighted by atomic mass is 19.3. The van der Waals surface area contributed by atoms with Gasteiger partial charge in [0.2, 0.25) is 0 Å². The van der Waals surface area contributed by atoms with Gasteiger partial charge in [-0.25, -0.2) is 4.68 Å². The van der Waals surface area contributed by atoms with Crippen LogP contribution in [0.15, 0.2) is 12.3 Å². The maximum Gasteiger partial charge on any atom is 0.333 e. The number of aromatic nitrogens is 2. The second-order valence-electron chi connectivity index (χ2n) is 2.39. The van der Waals surface area contributed by atoms with Crippen molar-refractivity contribution in [1.82, 2.24) is 9.78 Å². The zero-order valence-corrected chi connectivity index (χ0v) is 7.41. The van der Waals surface area contributed by atoms with Gasteiger partial charge in [-0.05, 0) is 0 Å². The van der Waals surface area contributed by atoms with Gasteiger partial charge in [-0.15, -0.1) is 0 Å². The van der Waals surface area contributed by atoms with Crippen LogP contribution in [-0.2, 0) is 9.53 Å². The van der Waals surface area contributed by atoms with Crippen molar-refractivity contribution in [1.29, 1.82) is 0 Å². The van der Waals surface area contributed by atoms with E-state index < -0.39 is 12.5 Å². The van der Waals surface area contributed by atoms with Crippen molar-refractivity contribution < 1.29 is 18.3 Å². The summed E-state index contributed by atoms with van der Waals surface area (Å²) in [6.07, 6.45) is 1.12. The van der Waals surface area contributed by atoms with Gasteiger partial charge in [0.15, 0.2) is 0 Å². The summed E-state index contributed by atoms with van der Waals surface area (Å²) in [5.41, 5.74) is 0. The average molecular weight is 205 g/mol. The molecular formula is C7H9F2N3O2. The molecule has 0 spiro atoms. The number of rotatable bonds is 4. The molecule has 1 aromatic heterocycles. The topological polar surface area (TPSA) is 56.1 Å². The molecular weight excluding hydrogens is 196 g/mol. The first kappa shape index (κ1) is 10.4. The quantitative estimate of drug-likeness (QED) is 0.741. The van der Waals surface area contributed by atoms with E-state index in [1.165, 1.54) is 13.2 Å². The molecule has 78 valence electrons. The first-order valence-electron chi connectivity index (χ1n) is 3.77. The van der Waals surface area contributed by atoms with E-state index >= 15 is 0 Å². The smallest absolute Gasteiger partial charge is 0.333 e. The molecule has 0 fully saturated rings. The van der Waals surface area contributed by atoms with Crippen LogP contribution in [0.5, 0.6) is 0 Å². The van der Waals surface area contributed by atoms with Gasteiger partial charge < -0.3 is 10.1 Å². The van der Waals surface area contributed by atoms with Crippen LogP contribution in [0, 0.1) is 0 Å². The second kappa shape index (κ2) is 4.54. The van der Waals surface area contributed by atoms with Crippen molar-refractivity contribution in [2.24, 2.45) is 0 Å². The van der Waals surface area contributed by atoms with E-state index in [1.807, 2.05) is 0 Å². The number of carbonyl (C=O) groups excluding carboxylic acids is 1. The van der Waals surface area contributed by atoms with E-state index in [4.69, 9.17) is 0 Å². The first-order valence-corrected chi connectivity index (χ1v) is 3.77. The average Bonchev–Trinajstić information content (AvgIpc) is 2.62. The van der Waals surface area contributed by atoms with Crippen molar-refractivity contribution in [2.45, 2.75) is 6.55 Å². The zero-order valence-electron chi connectivity index (χ0n) is 7.41. The highest BCUT2D eigenvalue weighted by molar-refractivity contribution is 5.74. The molecule has 0 amide bonds. The number of nitrogens with zero attached hydrogens (tertiary/aromatic N) is 2. The lowest BCUT2D eigenvalue weighted by atomic mass is 10.6. The minimum atomic E-state index is -2.68. The molecule has 7 heteroatoms. The van der Waals surface area contributed by atoms with Crippen LogP contribution < -0.4 is 5.32 Å². The Kier molecular flexibility index (Phi) is 3.38. The predicted octanol–water partition coefficient (Wildman–Crippen LogP) is 0.863. The van der Waals surface area contributed by atoms with Crippen molar-refractivity contribution in [2.75, 3.05) is 19.0 Å². The van der Waals surface area contributed by atoms with Gasteiger partial charge in [-0.3, -0.25) is 4.79 Å². The van der Waals surface area contributed by atoms with E-state index in [-0.39, 0.29) is 12.4 Å². The number of carbonyl (C=O) groups is 1. The molecule has 0 aliphatic carbocycles. The Labute approximate surface area is 78.7 Å². The number of ether oxygens (including phenoxy) is 1. The van der Waals surface area contributed by atoms with Crippen LogP contribution in [0.3, 0.4) is 0 Å². The second-order valence-corrected chi connectivity index (χ2v) is 2.39. The third-order valence-corrected chi connectivity index (χ3v) is 1.45. The third kappa shape index (κ3) is 2.68. The van der Waals surface area contributed by atoms with E-state index in [9.17, 15) is 13.6 Å². The molecule has 0 saturated carbocycles. The summed E-state index contributed by atoms with van der Waals surface area (Å²) in [4.78, 5) is 10.7. The van der Waals surface area contributed by atoms with Crippen LogP contribution in [0.25, 0.3) is 0 Å². The number of halogens is 2. The Morgan fingerprint density at radius 1 is 1.79 bits per heavy atom. The minimum absolute atomic E-state index is 0.100. The van der Waals surface area contributed by atoms with Crippen LogP contribution in [0.2, 0.25) is 0 Å². The fourth-order valence-corrected chi connectivity index (χ4v) is 0.776. The normalized spacial score (nSPS) is 10.3. The van der Waals surface area contributed by atoms with Crippen molar-refractivity contribution in [3.63, 3.8) is 0 Å². The Balaban J connectivity index is 2.48. The lowest BCUT2D eigenvalue weighted by molar-refractivity contribution is -0.138. The molecule has 0 bridgehead atoms. The predicted molar refractivity (Wildman–Crippen MR) is 44.0 cm³/mol. The van der Waals surface area contributed by atoms with E-state index in [0.717, 1.165) is 6.20 Å². The SMILES string of the molecule is COC(=O)CNc1ccn(C(F)F)n1. The van der Waals surface area contributed by atoms with Gasteiger partial charge >= 0.3 is 12.5 Å². The van der Waals surface area contributed by atoms with E-state index in [0.29, 0.717) is 4.68 Å². The monoisotopic (exact) mass is 205 g/mol. The maximum absolute atomic E-state index is 12.0. The van der Waals surface area contributed by atoms with Gasteiger partial charge in [0, 0.05) is 12.3 Å². The van der Waals surface area contributed by atoms with Crippen molar-refractivity contribution >= 4 is 11.8 Å². The number of anilines is 1. The molecule has 1 rings (SSSR count). The van der Waals surface area contributed by atoms with Gasteiger partial charge in [0.25, 0.3) is 0 Å². The number of methoxy groups -OCH3 is 1. The van der Waals surface area contributed by atoms with Gasteiger partial charge in [0.1, 0.15) is 12.4 Å². The summed E-state index contributed by atoms with van der Waals surface area (Å²) in [5, 5.41) is 5.99. The molecule has 1 N–H and O–H groups in total. The standard InChI is InChI=1S/C7H9F2N3O2/c1-14-6(13)4-10-5-2-3-12(11-5)7(8)9/h2-3,7H,4H2,1H3,(H,10,11). The Morgan fingerprint density at radius 3 is 3.00 bits per heavy atom. The van der Waals surface area contributed by atoms with Gasteiger partial charge in [-0.2, -0.15) is 13.9 Å². The number of hydrogen-bond acceptors (Lipinski definition) is 4. The Morgan fingerprint density at radius 2 is 2.50 bits per heavy atom. The Bertz CT molecular complexity index is 314. The Hall–Kier alpha value is -1.66. The summed E-state index contributed by atoms with van der Waals surface area (Å²) in [7, 11) is 1.24. The van der Waals surface area contributed by atoms with E-state index in [1.54, 1.807) is 0 Å². The van der Waals surface area contributed by atoms with Gasteiger partial charge in [0.05, 0.1) is 7.11 Å². The van der Waals surface area contributed by atoms with Gasteiger partial charge in [-0.1, -0.05) is 0 Å². The summed E-state index contributed by atoms with van der Waals surface area (Å²) in [5.74, 6) is -0.285. The van der Waals surface area contributed by atoms with Crippen LogP contribution in [0.4, 0.5) is 14.6 Å². The highest BCUT2D eigenvalue weighted by Crippen LogP contribution is 2.10. The molecule has 0 radical (unpaired) electrons. The molecule has 0 aliphatic heterocycles. The third-order valence-electron chi connectivity index (χ3n) is 1.45. The van der Waals surface area contributed by atoms with Crippen molar-refractivity contribution in [3.05, 3.63) is 12.3 Å². The molecule has 0 aromatic carbocycles. The zero-order chi connectivity index (χ0) is 10.6. The highest BCUT2D eigenvalue weighted by Gasteiger charge is 2.07. The van der Waals surface area contributed by atoms with Crippen LogP contribution >= 0.6 is 0 Å². The molecule has 5 nitrogen and oxygen atoms in total. The first-order chi connectivity index (χ1) is 6.63. The summed E-state index contributed by atoms with van der Waals surface area (Å²) < 4.78 is 28.9. The molecule has 0 saturated heterocycles. The van der Waals surface area contributed by atoms with E-state index in [2.05, 4.69) is 15.2 Å². The fourth-order valence-electron chi connectivity index (χ4n) is 0.776. The van der Waals surface area contributed by atoms with Crippen LogP contribution in [-0.4, -0.2) is 29.4 Å². The number of nitrogens with one attached hydrogen (secondary N) is 1. The summed E-state index contributed by atoms with van der Waals surface area (Å²) in [6.45, 7) is -2.78. The molecule has 0 atom stereocenters. The fraction of sp³-hybridized carbons (Fsp3) is 0.429. The molecule has 1 heterocycles. The molecule has 0 unspecified atom stereocenters. The summed E-state index contributed by atoms with van der Waals surface area (Å²) in [6, 6.07) is 1.34. The lowest BCUT2D eigenvalue weighted by Crippen LogP contribution is -2.15. The molecule has 1 aromatic rings. The van der Waals surface area contributed by atoms with Crippen LogP contribution in [0.1, 0.15) is 6.55 Å². The lowest BCUT2D eigenvalue weighted by Gasteiger charge is -2.00. The maximum atomic E-state index is 12.0. The molecule has 0 aliphatic rings.